The summed E-state index contributed by atoms with van der Waals surface area (Å²) in [5.74, 6) is -0.351. The number of amides is 1. The Morgan fingerprint density at radius 3 is 2.52 bits per heavy atom. The second kappa shape index (κ2) is 6.56. The molecule has 1 atom stereocenters. The van der Waals surface area contributed by atoms with Crippen molar-refractivity contribution in [3.05, 3.63) is 76.5 Å². The minimum absolute atomic E-state index is 0.0580. The molecule has 3 rings (SSSR count). The van der Waals surface area contributed by atoms with Crippen LogP contribution in [0.1, 0.15) is 61.7 Å². The van der Waals surface area contributed by atoms with Crippen LogP contribution >= 0.6 is 0 Å². The Morgan fingerprint density at radius 2 is 2.00 bits per heavy atom. The number of carbonyl (C=O) groups is 1. The molecule has 1 aromatic carbocycles. The van der Waals surface area contributed by atoms with Gasteiger partial charge in [0.05, 0.1) is 0 Å². The first-order valence-electron chi connectivity index (χ1n) is 9.57. The molecule has 0 spiro atoms. The average Bonchev–Trinajstić information content (AvgIpc) is 2.58. The van der Waals surface area contributed by atoms with E-state index in [1.54, 1.807) is 0 Å². The van der Waals surface area contributed by atoms with Crippen molar-refractivity contribution in [2.24, 2.45) is 11.1 Å². The zero-order chi connectivity index (χ0) is 20.1. The first-order valence-corrected chi connectivity index (χ1v) is 9.57. The van der Waals surface area contributed by atoms with Gasteiger partial charge in [-0.25, -0.2) is 0 Å². The average molecular weight is 363 g/mol. The third-order valence-corrected chi connectivity index (χ3v) is 5.66. The summed E-state index contributed by atoms with van der Waals surface area (Å²) in [5, 5.41) is 0. The summed E-state index contributed by atoms with van der Waals surface area (Å²) in [4.78, 5) is 14.3. The summed E-state index contributed by atoms with van der Waals surface area (Å²) in [6, 6.07) is 4.42. The molecule has 0 fully saturated rings. The van der Waals surface area contributed by atoms with E-state index in [1.165, 1.54) is 11.1 Å². The van der Waals surface area contributed by atoms with Crippen LogP contribution in [0.25, 0.3) is 5.70 Å². The number of hydrogen-bond donors (Lipinski definition) is 1. The molecule has 1 unspecified atom stereocenters. The van der Waals surface area contributed by atoms with Gasteiger partial charge < -0.3 is 10.6 Å². The van der Waals surface area contributed by atoms with E-state index < -0.39 is 0 Å². The maximum absolute atomic E-state index is 12.0. The second-order valence-corrected chi connectivity index (χ2v) is 8.76. The first-order chi connectivity index (χ1) is 12.5. The minimum Gasteiger partial charge on any atom is -0.366 e. The SMILES string of the molecule is C=C(C)C1=CN2C(=CC1=C)c1cc(CC)c(C(N)=O)cc1CC2C(C)(C)C. The number of nitrogens with two attached hydrogens (primary N) is 1. The van der Waals surface area contributed by atoms with Crippen molar-refractivity contribution >= 4 is 11.6 Å². The molecule has 2 aliphatic rings. The van der Waals surface area contributed by atoms with E-state index in [-0.39, 0.29) is 17.4 Å². The lowest BCUT2D eigenvalue weighted by molar-refractivity contribution is 0.0999. The summed E-state index contributed by atoms with van der Waals surface area (Å²) in [6.07, 6.45) is 6.00. The fourth-order valence-corrected chi connectivity index (χ4v) is 4.12. The van der Waals surface area contributed by atoms with Crippen molar-refractivity contribution in [3.8, 4) is 0 Å². The van der Waals surface area contributed by atoms with E-state index in [9.17, 15) is 4.79 Å². The van der Waals surface area contributed by atoms with E-state index in [2.05, 4.69) is 64.1 Å². The minimum atomic E-state index is -0.351. The molecule has 0 saturated heterocycles. The highest BCUT2D eigenvalue weighted by Gasteiger charge is 2.38. The number of fused-ring (bicyclic) bond motifs is 3. The van der Waals surface area contributed by atoms with Gasteiger partial charge >= 0.3 is 0 Å². The fraction of sp³-hybridized carbons (Fsp3) is 0.375. The van der Waals surface area contributed by atoms with Crippen LogP contribution in [0.3, 0.4) is 0 Å². The number of rotatable bonds is 3. The van der Waals surface area contributed by atoms with Crippen molar-refractivity contribution < 1.29 is 4.79 Å². The van der Waals surface area contributed by atoms with Gasteiger partial charge in [0.15, 0.2) is 0 Å². The molecule has 0 saturated carbocycles. The standard InChI is InChI=1S/C24H30N2O/c1-8-16-10-18-17(11-19(16)23(25)27)12-22(24(5,6)7)26-13-20(14(2)3)15(4)9-21(18)26/h9-11,13,22H,2,4,8,12H2,1,3,5-7H3,(H2,25,27). The Balaban J connectivity index is 2.25. The monoisotopic (exact) mass is 362 g/mol. The number of allylic oxidation sites excluding steroid dienone is 4. The topological polar surface area (TPSA) is 46.3 Å². The Bertz CT molecular complexity index is 909. The van der Waals surface area contributed by atoms with Crippen LogP contribution < -0.4 is 5.73 Å². The molecular weight excluding hydrogens is 332 g/mol. The highest BCUT2D eigenvalue weighted by molar-refractivity contribution is 5.95. The lowest BCUT2D eigenvalue weighted by atomic mass is 9.75. The molecule has 0 aromatic heterocycles. The zero-order valence-corrected chi connectivity index (χ0v) is 17.1. The molecule has 0 radical (unpaired) electrons. The van der Waals surface area contributed by atoms with Gasteiger partial charge in [-0.1, -0.05) is 40.9 Å². The third kappa shape index (κ3) is 3.27. The molecule has 2 heterocycles. The highest BCUT2D eigenvalue weighted by atomic mass is 16.1. The number of carbonyl (C=O) groups excluding carboxylic acids is 1. The third-order valence-electron chi connectivity index (χ3n) is 5.66. The van der Waals surface area contributed by atoms with Crippen molar-refractivity contribution in [1.82, 2.24) is 4.90 Å². The van der Waals surface area contributed by atoms with E-state index in [0.29, 0.717) is 5.56 Å². The number of aryl methyl sites for hydroxylation is 1. The zero-order valence-electron chi connectivity index (χ0n) is 17.1. The van der Waals surface area contributed by atoms with Crippen LogP contribution in [0.4, 0.5) is 0 Å². The molecule has 142 valence electrons. The second-order valence-electron chi connectivity index (χ2n) is 8.76. The van der Waals surface area contributed by atoms with E-state index in [1.807, 2.05) is 13.0 Å². The van der Waals surface area contributed by atoms with Crippen molar-refractivity contribution in [3.63, 3.8) is 0 Å². The smallest absolute Gasteiger partial charge is 0.248 e. The van der Waals surface area contributed by atoms with Gasteiger partial charge in [0, 0.05) is 29.1 Å². The molecule has 0 bridgehead atoms. The van der Waals surface area contributed by atoms with Crippen molar-refractivity contribution in [1.29, 1.82) is 0 Å². The van der Waals surface area contributed by atoms with Crippen LogP contribution in [0.5, 0.6) is 0 Å². The molecule has 3 nitrogen and oxygen atoms in total. The quantitative estimate of drug-likeness (QED) is 0.823. The predicted octanol–water partition coefficient (Wildman–Crippen LogP) is 4.99. The van der Waals surface area contributed by atoms with Crippen LogP contribution in [0.2, 0.25) is 0 Å². The van der Waals surface area contributed by atoms with Gasteiger partial charge in [-0.3, -0.25) is 4.79 Å². The van der Waals surface area contributed by atoms with E-state index in [4.69, 9.17) is 5.73 Å². The maximum atomic E-state index is 12.0. The molecule has 0 aliphatic carbocycles. The van der Waals surface area contributed by atoms with Gasteiger partial charge in [-0.05, 0) is 71.2 Å². The van der Waals surface area contributed by atoms with Crippen molar-refractivity contribution in [2.45, 2.75) is 53.5 Å². The lowest BCUT2D eigenvalue weighted by Crippen LogP contribution is -2.45. The Morgan fingerprint density at radius 1 is 1.33 bits per heavy atom. The first kappa shape index (κ1) is 19.2. The van der Waals surface area contributed by atoms with Crippen molar-refractivity contribution in [2.75, 3.05) is 0 Å². The summed E-state index contributed by atoms with van der Waals surface area (Å²) in [7, 11) is 0. The Hall–Kier alpha value is -2.55. The molecule has 1 aromatic rings. The number of hydrogen-bond acceptors (Lipinski definition) is 2. The van der Waals surface area contributed by atoms with Gasteiger partial charge in [0.25, 0.3) is 0 Å². The number of primary amides is 1. The molecule has 2 aliphatic heterocycles. The van der Waals surface area contributed by atoms with Crippen LogP contribution in [0.15, 0.2) is 54.3 Å². The highest BCUT2D eigenvalue weighted by Crippen LogP contribution is 2.44. The molecule has 27 heavy (non-hydrogen) atoms. The van der Waals surface area contributed by atoms with Gasteiger partial charge in [0.1, 0.15) is 0 Å². The molecule has 3 heteroatoms. The van der Waals surface area contributed by atoms with E-state index >= 15 is 0 Å². The summed E-state index contributed by atoms with van der Waals surface area (Å²) < 4.78 is 0. The number of nitrogens with zero attached hydrogens (tertiary/aromatic N) is 1. The molecule has 2 N–H and O–H groups in total. The van der Waals surface area contributed by atoms with Crippen LogP contribution in [-0.4, -0.2) is 16.8 Å². The Labute approximate surface area is 162 Å². The normalized spacial score (nSPS) is 19.1. The molecular formula is C24H30N2O. The van der Waals surface area contributed by atoms with Gasteiger partial charge in [0.2, 0.25) is 5.91 Å². The van der Waals surface area contributed by atoms with Crippen LogP contribution in [-0.2, 0) is 12.8 Å². The van der Waals surface area contributed by atoms with Gasteiger partial charge in [-0.15, -0.1) is 0 Å². The number of benzene rings is 1. The maximum Gasteiger partial charge on any atom is 0.248 e. The van der Waals surface area contributed by atoms with E-state index in [0.717, 1.165) is 40.8 Å². The largest absolute Gasteiger partial charge is 0.366 e. The molecule has 1 amide bonds. The fourth-order valence-electron chi connectivity index (χ4n) is 4.12. The summed E-state index contributed by atoms with van der Waals surface area (Å²) in [5.41, 5.74) is 14.0. The predicted molar refractivity (Wildman–Crippen MR) is 113 cm³/mol. The van der Waals surface area contributed by atoms with Gasteiger partial charge in [-0.2, -0.15) is 0 Å². The van der Waals surface area contributed by atoms with Crippen LogP contribution in [0, 0.1) is 5.41 Å². The Kier molecular flexibility index (Phi) is 4.67. The summed E-state index contributed by atoms with van der Waals surface area (Å²) in [6.45, 7) is 19.2. The lowest BCUT2D eigenvalue weighted by Gasteiger charge is -2.47. The summed E-state index contributed by atoms with van der Waals surface area (Å²) >= 11 is 0.